The van der Waals surface area contributed by atoms with Crippen LogP contribution in [0.1, 0.15) is 12.0 Å². The van der Waals surface area contributed by atoms with Crippen LogP contribution in [0.2, 0.25) is 5.02 Å². The summed E-state index contributed by atoms with van der Waals surface area (Å²) >= 11 is 5.67. The lowest BCUT2D eigenvalue weighted by Crippen LogP contribution is -2.02. The zero-order chi connectivity index (χ0) is 10.4. The minimum atomic E-state index is -0.512. The maximum Gasteiger partial charge on any atom is 0.320 e. The number of hydrogen-bond donors (Lipinski definition) is 0. The number of esters is 1. The Labute approximate surface area is 86.9 Å². The van der Waals surface area contributed by atoms with Gasteiger partial charge in [-0.3, -0.25) is 4.79 Å². The molecule has 0 bridgehead atoms. The van der Waals surface area contributed by atoms with Gasteiger partial charge in [0.15, 0.2) is 0 Å². The predicted molar refractivity (Wildman–Crippen MR) is 51.5 cm³/mol. The third-order valence-electron chi connectivity index (χ3n) is 1.54. The normalized spacial score (nSPS) is 9.14. The molecule has 4 heteroatoms. The minimum Gasteiger partial charge on any atom is -0.460 e. The SMILES string of the molecule is N#CCC(=O)OCc1ccc(Cl)cc1. The van der Waals surface area contributed by atoms with Crippen LogP contribution in [0.25, 0.3) is 0 Å². The van der Waals surface area contributed by atoms with E-state index in [-0.39, 0.29) is 13.0 Å². The Bertz CT molecular complexity index is 353. The fourth-order valence-corrected chi connectivity index (χ4v) is 0.986. The molecule has 0 saturated heterocycles. The molecule has 0 aliphatic heterocycles. The summed E-state index contributed by atoms with van der Waals surface area (Å²) in [5.74, 6) is -0.512. The first-order chi connectivity index (χ1) is 6.72. The van der Waals surface area contributed by atoms with Crippen LogP contribution in [0.3, 0.4) is 0 Å². The van der Waals surface area contributed by atoms with Gasteiger partial charge in [0, 0.05) is 5.02 Å². The van der Waals surface area contributed by atoms with E-state index in [0.29, 0.717) is 5.02 Å². The maximum absolute atomic E-state index is 10.8. The van der Waals surface area contributed by atoms with Crippen molar-refractivity contribution in [3.63, 3.8) is 0 Å². The van der Waals surface area contributed by atoms with Crippen molar-refractivity contribution in [1.82, 2.24) is 0 Å². The number of carbonyl (C=O) groups excluding carboxylic acids is 1. The van der Waals surface area contributed by atoms with Crippen LogP contribution in [-0.2, 0) is 16.1 Å². The number of ether oxygens (including phenoxy) is 1. The van der Waals surface area contributed by atoms with Gasteiger partial charge in [0.2, 0.25) is 0 Å². The molecule has 1 aromatic carbocycles. The van der Waals surface area contributed by atoms with E-state index in [0.717, 1.165) is 5.56 Å². The Morgan fingerprint density at radius 3 is 2.64 bits per heavy atom. The van der Waals surface area contributed by atoms with Crippen LogP contribution < -0.4 is 0 Å². The molecule has 0 aliphatic rings. The highest BCUT2D eigenvalue weighted by Crippen LogP contribution is 2.10. The van der Waals surface area contributed by atoms with Gasteiger partial charge in [0.1, 0.15) is 13.0 Å². The van der Waals surface area contributed by atoms with Crippen molar-refractivity contribution in [3.8, 4) is 6.07 Å². The summed E-state index contributed by atoms with van der Waals surface area (Å²) in [6.07, 6.45) is -0.215. The lowest BCUT2D eigenvalue weighted by molar-refractivity contribution is -0.143. The van der Waals surface area contributed by atoms with E-state index in [4.69, 9.17) is 21.6 Å². The second-order valence-electron chi connectivity index (χ2n) is 2.62. The lowest BCUT2D eigenvalue weighted by Gasteiger charge is -2.02. The fraction of sp³-hybridized carbons (Fsp3) is 0.200. The van der Waals surface area contributed by atoms with E-state index in [9.17, 15) is 4.79 Å². The van der Waals surface area contributed by atoms with E-state index in [1.165, 1.54) is 0 Å². The monoisotopic (exact) mass is 209 g/mol. The highest BCUT2D eigenvalue weighted by Gasteiger charge is 2.01. The second-order valence-corrected chi connectivity index (χ2v) is 3.06. The van der Waals surface area contributed by atoms with Crippen molar-refractivity contribution in [1.29, 1.82) is 5.26 Å². The maximum atomic E-state index is 10.8. The van der Waals surface area contributed by atoms with Gasteiger partial charge in [-0.05, 0) is 17.7 Å². The van der Waals surface area contributed by atoms with Crippen molar-refractivity contribution in [3.05, 3.63) is 34.9 Å². The summed E-state index contributed by atoms with van der Waals surface area (Å²) < 4.78 is 4.80. The van der Waals surface area contributed by atoms with Crippen molar-refractivity contribution in [2.24, 2.45) is 0 Å². The zero-order valence-electron chi connectivity index (χ0n) is 7.37. The standard InChI is InChI=1S/C10H8ClNO2/c11-9-3-1-8(2-4-9)7-14-10(13)5-6-12/h1-4H,5,7H2. The molecule has 0 N–H and O–H groups in total. The third-order valence-corrected chi connectivity index (χ3v) is 1.79. The first-order valence-electron chi connectivity index (χ1n) is 3.99. The molecule has 14 heavy (non-hydrogen) atoms. The molecule has 0 atom stereocenters. The highest BCUT2D eigenvalue weighted by atomic mass is 35.5. The second kappa shape index (κ2) is 5.25. The van der Waals surface area contributed by atoms with Crippen LogP contribution in [0, 0.1) is 11.3 Å². The van der Waals surface area contributed by atoms with Crippen molar-refractivity contribution >= 4 is 17.6 Å². The van der Waals surface area contributed by atoms with Crippen LogP contribution in [0.4, 0.5) is 0 Å². The molecule has 3 nitrogen and oxygen atoms in total. The Morgan fingerprint density at radius 1 is 1.43 bits per heavy atom. The van der Waals surface area contributed by atoms with Gasteiger partial charge in [0.25, 0.3) is 0 Å². The number of rotatable bonds is 3. The predicted octanol–water partition coefficient (Wildman–Crippen LogP) is 2.30. The van der Waals surface area contributed by atoms with E-state index in [1.807, 2.05) is 0 Å². The van der Waals surface area contributed by atoms with Gasteiger partial charge in [-0.1, -0.05) is 23.7 Å². The Balaban J connectivity index is 2.43. The first-order valence-corrected chi connectivity index (χ1v) is 4.37. The minimum absolute atomic E-state index is 0.178. The number of nitrogens with zero attached hydrogens (tertiary/aromatic N) is 1. The molecule has 0 heterocycles. The summed E-state index contributed by atoms with van der Waals surface area (Å²) in [7, 11) is 0. The summed E-state index contributed by atoms with van der Waals surface area (Å²) in [6, 6.07) is 8.68. The first kappa shape index (κ1) is 10.6. The molecule has 1 aromatic rings. The number of benzene rings is 1. The number of nitriles is 1. The summed E-state index contributed by atoms with van der Waals surface area (Å²) in [5.41, 5.74) is 0.848. The zero-order valence-corrected chi connectivity index (χ0v) is 8.12. The van der Waals surface area contributed by atoms with Crippen molar-refractivity contribution < 1.29 is 9.53 Å². The topological polar surface area (TPSA) is 50.1 Å². The molecule has 0 spiro atoms. The third kappa shape index (κ3) is 3.46. The molecular weight excluding hydrogens is 202 g/mol. The molecule has 0 radical (unpaired) electrons. The molecule has 0 aliphatic carbocycles. The Kier molecular flexibility index (Phi) is 3.96. The molecule has 0 fully saturated rings. The van der Waals surface area contributed by atoms with E-state index >= 15 is 0 Å². The van der Waals surface area contributed by atoms with Crippen molar-refractivity contribution in [2.75, 3.05) is 0 Å². The van der Waals surface area contributed by atoms with Crippen molar-refractivity contribution in [2.45, 2.75) is 13.0 Å². The van der Waals surface area contributed by atoms with Crippen LogP contribution >= 0.6 is 11.6 Å². The van der Waals surface area contributed by atoms with Crippen LogP contribution in [0.15, 0.2) is 24.3 Å². The van der Waals surface area contributed by atoms with Gasteiger partial charge in [-0.25, -0.2) is 0 Å². The van der Waals surface area contributed by atoms with E-state index in [1.54, 1.807) is 30.3 Å². The van der Waals surface area contributed by atoms with E-state index < -0.39 is 5.97 Å². The van der Waals surface area contributed by atoms with Crippen LogP contribution in [0.5, 0.6) is 0 Å². The van der Waals surface area contributed by atoms with E-state index in [2.05, 4.69) is 0 Å². The van der Waals surface area contributed by atoms with Gasteiger partial charge >= 0.3 is 5.97 Å². The summed E-state index contributed by atoms with van der Waals surface area (Å²) in [4.78, 5) is 10.8. The smallest absolute Gasteiger partial charge is 0.320 e. The number of carbonyl (C=O) groups is 1. The molecule has 0 saturated carbocycles. The van der Waals surface area contributed by atoms with Gasteiger partial charge < -0.3 is 4.74 Å². The number of halogens is 1. The summed E-state index contributed by atoms with van der Waals surface area (Å²) in [5, 5.41) is 8.84. The Hall–Kier alpha value is -1.53. The fourth-order valence-electron chi connectivity index (χ4n) is 0.860. The summed E-state index contributed by atoms with van der Waals surface area (Å²) in [6.45, 7) is 0.178. The molecule has 1 rings (SSSR count). The molecule has 0 amide bonds. The van der Waals surface area contributed by atoms with Gasteiger partial charge in [-0.15, -0.1) is 0 Å². The van der Waals surface area contributed by atoms with Gasteiger partial charge in [0.05, 0.1) is 6.07 Å². The molecule has 0 aromatic heterocycles. The van der Waals surface area contributed by atoms with Gasteiger partial charge in [-0.2, -0.15) is 5.26 Å². The molecule has 0 unspecified atom stereocenters. The molecule has 72 valence electrons. The highest BCUT2D eigenvalue weighted by molar-refractivity contribution is 6.30. The quantitative estimate of drug-likeness (QED) is 0.718. The lowest BCUT2D eigenvalue weighted by atomic mass is 10.2. The average molecular weight is 210 g/mol. The average Bonchev–Trinajstić information content (AvgIpc) is 2.17. The molecular formula is C10H8ClNO2. The Morgan fingerprint density at radius 2 is 2.07 bits per heavy atom. The largest absolute Gasteiger partial charge is 0.460 e. The van der Waals surface area contributed by atoms with Crippen LogP contribution in [-0.4, -0.2) is 5.97 Å². The number of hydrogen-bond acceptors (Lipinski definition) is 3.